The average molecular weight is 182 g/mol. The Morgan fingerprint density at radius 3 is 2.31 bits per heavy atom. The number of carbonyl (C=O) groups excluding carboxylic acids is 1. The zero-order chi connectivity index (χ0) is 10.3. The third-order valence-corrected chi connectivity index (χ3v) is 2.26. The van der Waals surface area contributed by atoms with E-state index in [4.69, 9.17) is 0 Å². The summed E-state index contributed by atoms with van der Waals surface area (Å²) in [6.07, 6.45) is 1.02. The van der Waals surface area contributed by atoms with Gasteiger partial charge >= 0.3 is 0 Å². The summed E-state index contributed by atoms with van der Waals surface area (Å²) in [4.78, 5) is 11.3. The first-order valence-electron chi connectivity index (χ1n) is 4.77. The molecule has 13 heavy (non-hydrogen) atoms. The number of aliphatic hydroxyl groups is 1. The van der Waals surface area contributed by atoms with E-state index in [0.29, 0.717) is 0 Å². The van der Waals surface area contributed by atoms with Crippen LogP contribution in [0.1, 0.15) is 40.0 Å². The second-order valence-corrected chi connectivity index (χ2v) is 3.09. The molecular weight excluding hydrogens is 164 g/mol. The zero-order valence-corrected chi connectivity index (χ0v) is 8.63. The zero-order valence-electron chi connectivity index (χ0n) is 8.63. The van der Waals surface area contributed by atoms with Gasteiger partial charge in [-0.1, -0.05) is 32.6 Å². The van der Waals surface area contributed by atoms with Crippen LogP contribution in [-0.4, -0.2) is 17.0 Å². The summed E-state index contributed by atoms with van der Waals surface area (Å²) >= 11 is 0. The Balaban J connectivity index is 4.11. The van der Waals surface area contributed by atoms with Gasteiger partial charge in [0, 0.05) is 0 Å². The van der Waals surface area contributed by atoms with Crippen molar-refractivity contribution in [1.29, 1.82) is 0 Å². The van der Waals surface area contributed by atoms with Gasteiger partial charge in [0.15, 0.2) is 5.78 Å². The maximum absolute atomic E-state index is 11.3. The molecule has 0 aliphatic heterocycles. The minimum atomic E-state index is -0.823. The van der Waals surface area contributed by atoms with Gasteiger partial charge in [-0.25, -0.2) is 0 Å². The van der Waals surface area contributed by atoms with E-state index >= 15 is 0 Å². The number of aliphatic hydroxyl groups excluding tert-OH is 1. The Kier molecular flexibility index (Phi) is 6.26. The number of ketones is 1. The molecule has 0 fully saturated rings. The van der Waals surface area contributed by atoms with Crippen molar-refractivity contribution in [3.8, 4) is 11.8 Å². The summed E-state index contributed by atoms with van der Waals surface area (Å²) in [5, 5.41) is 9.59. The summed E-state index contributed by atoms with van der Waals surface area (Å²) in [6.45, 7) is 5.66. The molecule has 0 aromatic heterocycles. The number of hydrogen-bond donors (Lipinski definition) is 1. The van der Waals surface area contributed by atoms with E-state index in [2.05, 4.69) is 11.8 Å². The lowest BCUT2D eigenvalue weighted by Crippen LogP contribution is -2.28. The van der Waals surface area contributed by atoms with Crippen molar-refractivity contribution >= 4 is 5.78 Å². The molecule has 74 valence electrons. The number of rotatable bonds is 5. The van der Waals surface area contributed by atoms with Crippen molar-refractivity contribution in [3.05, 3.63) is 0 Å². The lowest BCUT2D eigenvalue weighted by Gasteiger charge is -2.17. The molecular formula is C11H18O2. The molecule has 2 heteroatoms. The molecule has 2 nitrogen and oxygen atoms in total. The SMILES string of the molecule is CC#CCC(=O)C(O)C(CC)CC. The van der Waals surface area contributed by atoms with Gasteiger partial charge in [-0.15, -0.1) is 5.92 Å². The van der Waals surface area contributed by atoms with E-state index in [9.17, 15) is 9.90 Å². The lowest BCUT2D eigenvalue weighted by atomic mass is 9.93. The van der Waals surface area contributed by atoms with Crippen molar-refractivity contribution < 1.29 is 9.90 Å². The summed E-state index contributed by atoms with van der Waals surface area (Å²) in [7, 11) is 0. The molecule has 0 saturated carbocycles. The normalized spacial score (nSPS) is 12.1. The number of hydrogen-bond acceptors (Lipinski definition) is 2. The molecule has 0 aliphatic carbocycles. The largest absolute Gasteiger partial charge is 0.385 e. The van der Waals surface area contributed by atoms with Crippen LogP contribution in [0.5, 0.6) is 0 Å². The molecule has 0 aromatic rings. The van der Waals surface area contributed by atoms with Crippen LogP contribution >= 0.6 is 0 Å². The first kappa shape index (κ1) is 12.2. The van der Waals surface area contributed by atoms with Crippen LogP contribution in [0.15, 0.2) is 0 Å². The fraction of sp³-hybridized carbons (Fsp3) is 0.727. The van der Waals surface area contributed by atoms with E-state index in [1.54, 1.807) is 6.92 Å². The third-order valence-electron chi connectivity index (χ3n) is 2.26. The molecule has 1 unspecified atom stereocenters. The molecule has 1 N–H and O–H groups in total. The minimum absolute atomic E-state index is 0.0890. The summed E-state index contributed by atoms with van der Waals surface area (Å²) in [6, 6.07) is 0. The number of carbonyl (C=O) groups is 1. The standard InChI is InChI=1S/C11H18O2/c1-4-7-8-10(12)11(13)9(5-2)6-3/h9,11,13H,5-6,8H2,1-3H3. The van der Waals surface area contributed by atoms with Crippen LogP contribution in [0, 0.1) is 17.8 Å². The Labute approximate surface area is 80.3 Å². The summed E-state index contributed by atoms with van der Waals surface area (Å²) in [5.74, 6) is 5.26. The highest BCUT2D eigenvalue weighted by atomic mass is 16.3. The first-order valence-corrected chi connectivity index (χ1v) is 4.77. The van der Waals surface area contributed by atoms with Crippen LogP contribution in [0.3, 0.4) is 0 Å². The molecule has 1 atom stereocenters. The highest BCUT2D eigenvalue weighted by Gasteiger charge is 2.21. The molecule has 0 spiro atoms. The van der Waals surface area contributed by atoms with Gasteiger partial charge in [0.2, 0.25) is 0 Å². The van der Waals surface area contributed by atoms with Gasteiger partial charge in [-0.3, -0.25) is 4.79 Å². The Bertz CT molecular complexity index is 206. The highest BCUT2D eigenvalue weighted by Crippen LogP contribution is 2.14. The van der Waals surface area contributed by atoms with Gasteiger partial charge < -0.3 is 5.11 Å². The van der Waals surface area contributed by atoms with Crippen molar-refractivity contribution in [3.63, 3.8) is 0 Å². The maximum Gasteiger partial charge on any atom is 0.173 e. The second kappa shape index (κ2) is 6.68. The molecule has 0 aromatic carbocycles. The van der Waals surface area contributed by atoms with E-state index in [0.717, 1.165) is 12.8 Å². The third kappa shape index (κ3) is 4.10. The van der Waals surface area contributed by atoms with Gasteiger partial charge in [-0.2, -0.15) is 0 Å². The predicted octanol–water partition coefficient (Wildman–Crippen LogP) is 1.77. The predicted molar refractivity (Wildman–Crippen MR) is 53.2 cm³/mol. The summed E-state index contributed by atoms with van der Waals surface area (Å²) < 4.78 is 0. The Hall–Kier alpha value is -0.810. The van der Waals surface area contributed by atoms with Crippen molar-refractivity contribution in [2.45, 2.75) is 46.1 Å². The van der Waals surface area contributed by atoms with Crippen molar-refractivity contribution in [2.24, 2.45) is 5.92 Å². The van der Waals surface area contributed by atoms with E-state index in [1.165, 1.54) is 0 Å². The first-order chi connectivity index (χ1) is 6.17. The topological polar surface area (TPSA) is 37.3 Å². The lowest BCUT2D eigenvalue weighted by molar-refractivity contribution is -0.128. The van der Waals surface area contributed by atoms with Crippen LogP contribution < -0.4 is 0 Å². The molecule has 0 heterocycles. The average Bonchev–Trinajstić information content (AvgIpc) is 2.15. The van der Waals surface area contributed by atoms with Crippen LogP contribution in [0.4, 0.5) is 0 Å². The molecule has 0 radical (unpaired) electrons. The van der Waals surface area contributed by atoms with Crippen molar-refractivity contribution in [2.75, 3.05) is 0 Å². The fourth-order valence-electron chi connectivity index (χ4n) is 1.28. The van der Waals surface area contributed by atoms with E-state index in [1.807, 2.05) is 13.8 Å². The van der Waals surface area contributed by atoms with Crippen LogP contribution in [-0.2, 0) is 4.79 Å². The molecule has 0 aliphatic rings. The van der Waals surface area contributed by atoms with E-state index in [-0.39, 0.29) is 18.1 Å². The van der Waals surface area contributed by atoms with Crippen LogP contribution in [0.2, 0.25) is 0 Å². The molecule has 0 amide bonds. The monoisotopic (exact) mass is 182 g/mol. The van der Waals surface area contributed by atoms with Gasteiger partial charge in [0.1, 0.15) is 6.10 Å². The van der Waals surface area contributed by atoms with E-state index < -0.39 is 6.10 Å². The Morgan fingerprint density at radius 1 is 1.38 bits per heavy atom. The fourth-order valence-corrected chi connectivity index (χ4v) is 1.28. The number of Topliss-reactive ketones (excluding diaryl/α,β-unsaturated/α-hetero) is 1. The smallest absolute Gasteiger partial charge is 0.173 e. The van der Waals surface area contributed by atoms with Gasteiger partial charge in [0.25, 0.3) is 0 Å². The molecule has 0 bridgehead atoms. The van der Waals surface area contributed by atoms with Gasteiger partial charge in [-0.05, 0) is 12.8 Å². The molecule has 0 saturated heterocycles. The molecule has 0 rings (SSSR count). The second-order valence-electron chi connectivity index (χ2n) is 3.09. The minimum Gasteiger partial charge on any atom is -0.385 e. The quantitative estimate of drug-likeness (QED) is 0.658. The van der Waals surface area contributed by atoms with Crippen LogP contribution in [0.25, 0.3) is 0 Å². The van der Waals surface area contributed by atoms with Crippen molar-refractivity contribution in [1.82, 2.24) is 0 Å². The highest BCUT2D eigenvalue weighted by molar-refractivity contribution is 5.85. The maximum atomic E-state index is 11.3. The van der Waals surface area contributed by atoms with Gasteiger partial charge in [0.05, 0.1) is 6.42 Å². The Morgan fingerprint density at radius 2 is 1.92 bits per heavy atom. The summed E-state index contributed by atoms with van der Waals surface area (Å²) in [5.41, 5.74) is 0.